The van der Waals surface area contributed by atoms with E-state index in [0.717, 1.165) is 6.42 Å². The van der Waals surface area contributed by atoms with Crippen molar-refractivity contribution in [2.75, 3.05) is 0 Å². The fraction of sp³-hybridized carbons (Fsp3) is 0.579. The molecule has 0 aliphatic heterocycles. The monoisotopic (exact) mass is 357 g/mol. The molecular formula is C19H23N3O2S. The number of carbonyl (C=O) groups is 1. The average Bonchev–Trinajstić information content (AvgIpc) is 2.99. The number of esters is 1. The number of fused-ring (bicyclic) bond motifs is 2. The molecule has 3 aliphatic carbocycles. The van der Waals surface area contributed by atoms with Gasteiger partial charge in [0.25, 0.3) is 0 Å². The lowest BCUT2D eigenvalue weighted by molar-refractivity contribution is -0.156. The van der Waals surface area contributed by atoms with Crippen LogP contribution in [0.4, 0.5) is 0 Å². The molecule has 0 spiro atoms. The zero-order chi connectivity index (χ0) is 17.8. The summed E-state index contributed by atoms with van der Waals surface area (Å²) >= 11 is 1.31. The molecule has 2 aromatic heterocycles. The van der Waals surface area contributed by atoms with Crippen molar-refractivity contribution in [3.05, 3.63) is 29.0 Å². The van der Waals surface area contributed by atoms with E-state index in [1.54, 1.807) is 18.5 Å². The Balaban J connectivity index is 1.50. The van der Waals surface area contributed by atoms with Crippen molar-refractivity contribution in [1.29, 1.82) is 0 Å². The Hall–Kier alpha value is -1.82. The van der Waals surface area contributed by atoms with Crippen molar-refractivity contribution < 1.29 is 9.53 Å². The van der Waals surface area contributed by atoms with E-state index in [1.807, 2.05) is 6.92 Å². The second-order valence-electron chi connectivity index (χ2n) is 7.91. The molecule has 5 rings (SSSR count). The van der Waals surface area contributed by atoms with Crippen LogP contribution in [0.2, 0.25) is 0 Å². The molecule has 4 unspecified atom stereocenters. The van der Waals surface area contributed by atoms with Crippen LogP contribution in [0.3, 0.4) is 0 Å². The van der Waals surface area contributed by atoms with Gasteiger partial charge in [-0.1, -0.05) is 20.8 Å². The van der Waals surface area contributed by atoms with Gasteiger partial charge in [-0.3, -0.25) is 0 Å². The molecule has 3 aliphatic rings. The van der Waals surface area contributed by atoms with Crippen LogP contribution >= 0.6 is 11.3 Å². The highest BCUT2D eigenvalue weighted by molar-refractivity contribution is 7.16. The Morgan fingerprint density at radius 2 is 2.00 bits per heavy atom. The van der Waals surface area contributed by atoms with Gasteiger partial charge in [0.2, 0.25) is 0 Å². The van der Waals surface area contributed by atoms with Gasteiger partial charge in [-0.25, -0.2) is 19.7 Å². The van der Waals surface area contributed by atoms with Gasteiger partial charge in [-0.2, -0.15) is 0 Å². The van der Waals surface area contributed by atoms with Gasteiger partial charge in [0.15, 0.2) is 10.8 Å². The summed E-state index contributed by atoms with van der Waals surface area (Å²) in [5, 5.41) is 0.658. The molecule has 2 heterocycles. The standard InChI is InChI=1S/C19H23N3O2S/c1-10-13-8-12(19(13,3)4)9-14(10)24-18(23)15-11(2)22-17(25-15)16-20-6-5-7-21-16/h5-7,10,12-14H,8-9H2,1-4H3. The van der Waals surface area contributed by atoms with Crippen molar-refractivity contribution >= 4 is 17.3 Å². The van der Waals surface area contributed by atoms with Gasteiger partial charge < -0.3 is 4.74 Å². The second-order valence-corrected chi connectivity index (χ2v) is 8.90. The molecule has 3 fully saturated rings. The van der Waals surface area contributed by atoms with Crippen molar-refractivity contribution in [2.45, 2.75) is 46.6 Å². The Bertz CT molecular complexity index is 802. The zero-order valence-corrected chi connectivity index (χ0v) is 15.8. The fourth-order valence-corrected chi connectivity index (χ4v) is 5.44. The van der Waals surface area contributed by atoms with E-state index in [0.29, 0.717) is 44.6 Å². The molecule has 0 radical (unpaired) electrons. The summed E-state index contributed by atoms with van der Waals surface area (Å²) in [4.78, 5) is 26.1. The molecule has 5 nitrogen and oxygen atoms in total. The average molecular weight is 357 g/mol. The smallest absolute Gasteiger partial charge is 0.350 e. The van der Waals surface area contributed by atoms with Crippen molar-refractivity contribution in [3.63, 3.8) is 0 Å². The molecule has 0 aromatic carbocycles. The molecule has 6 heteroatoms. The normalized spacial score (nSPS) is 29.8. The number of carbonyl (C=O) groups excluding carboxylic acids is 1. The maximum atomic E-state index is 12.7. The summed E-state index contributed by atoms with van der Waals surface area (Å²) in [6.45, 7) is 8.76. The highest BCUT2D eigenvalue weighted by Gasteiger charge is 2.57. The Kier molecular flexibility index (Phi) is 3.90. The molecule has 25 heavy (non-hydrogen) atoms. The van der Waals surface area contributed by atoms with Crippen LogP contribution in [0.1, 0.15) is 49.0 Å². The van der Waals surface area contributed by atoms with E-state index >= 15 is 0 Å². The minimum atomic E-state index is -0.256. The predicted octanol–water partition coefficient (Wildman–Crippen LogP) is 4.14. The number of ether oxygens (including phenoxy) is 1. The third-order valence-electron chi connectivity index (χ3n) is 6.28. The van der Waals surface area contributed by atoms with Crippen LogP contribution in [0.5, 0.6) is 0 Å². The van der Waals surface area contributed by atoms with Gasteiger partial charge in [0.05, 0.1) is 5.69 Å². The molecule has 3 saturated carbocycles. The van der Waals surface area contributed by atoms with Gasteiger partial charge in [-0.05, 0) is 49.0 Å². The van der Waals surface area contributed by atoms with Crippen LogP contribution < -0.4 is 0 Å². The summed E-state index contributed by atoms with van der Waals surface area (Å²) in [7, 11) is 0. The molecule has 2 aromatic rings. The topological polar surface area (TPSA) is 65.0 Å². The molecule has 0 amide bonds. The molecule has 132 valence electrons. The maximum absolute atomic E-state index is 12.7. The van der Waals surface area contributed by atoms with Crippen molar-refractivity contribution in [1.82, 2.24) is 15.0 Å². The van der Waals surface area contributed by atoms with E-state index in [1.165, 1.54) is 17.8 Å². The highest BCUT2D eigenvalue weighted by atomic mass is 32.1. The summed E-state index contributed by atoms with van der Waals surface area (Å²) in [5.74, 6) is 2.02. The Labute approximate surface area is 151 Å². The van der Waals surface area contributed by atoms with Crippen LogP contribution in [0.15, 0.2) is 18.5 Å². The van der Waals surface area contributed by atoms with E-state index < -0.39 is 0 Å². The lowest BCUT2D eigenvalue weighted by Gasteiger charge is -2.61. The lowest BCUT2D eigenvalue weighted by atomic mass is 9.45. The highest BCUT2D eigenvalue weighted by Crippen LogP contribution is 2.61. The first-order chi connectivity index (χ1) is 11.9. The summed E-state index contributed by atoms with van der Waals surface area (Å²) in [5.41, 5.74) is 1.08. The number of hydrogen-bond acceptors (Lipinski definition) is 6. The number of thiazole rings is 1. The second kappa shape index (κ2) is 5.87. The quantitative estimate of drug-likeness (QED) is 0.773. The van der Waals surface area contributed by atoms with Gasteiger partial charge in [0, 0.05) is 12.4 Å². The predicted molar refractivity (Wildman–Crippen MR) is 96.2 cm³/mol. The van der Waals surface area contributed by atoms with Crippen molar-refractivity contribution in [2.24, 2.45) is 23.2 Å². The first kappa shape index (κ1) is 16.6. The Morgan fingerprint density at radius 3 is 2.64 bits per heavy atom. The number of rotatable bonds is 3. The molecular weight excluding hydrogens is 334 g/mol. The third kappa shape index (κ3) is 2.67. The number of nitrogens with zero attached hydrogens (tertiary/aromatic N) is 3. The molecule has 0 N–H and O–H groups in total. The zero-order valence-electron chi connectivity index (χ0n) is 15.0. The number of aromatic nitrogens is 3. The number of aryl methyl sites for hydroxylation is 1. The fourth-order valence-electron chi connectivity index (χ4n) is 4.54. The van der Waals surface area contributed by atoms with Gasteiger partial charge in [-0.15, -0.1) is 11.3 Å². The van der Waals surface area contributed by atoms with E-state index in [2.05, 4.69) is 35.7 Å². The van der Waals surface area contributed by atoms with Crippen LogP contribution in [-0.2, 0) is 4.74 Å². The van der Waals surface area contributed by atoms with Gasteiger partial charge >= 0.3 is 5.97 Å². The molecule has 4 atom stereocenters. The van der Waals surface area contributed by atoms with Gasteiger partial charge in [0.1, 0.15) is 11.0 Å². The van der Waals surface area contributed by atoms with Crippen LogP contribution in [-0.4, -0.2) is 27.0 Å². The van der Waals surface area contributed by atoms with Crippen molar-refractivity contribution in [3.8, 4) is 10.8 Å². The van der Waals surface area contributed by atoms with Crippen LogP contribution in [0, 0.1) is 30.1 Å². The van der Waals surface area contributed by atoms with Crippen LogP contribution in [0.25, 0.3) is 10.8 Å². The minimum Gasteiger partial charge on any atom is -0.458 e. The maximum Gasteiger partial charge on any atom is 0.350 e. The largest absolute Gasteiger partial charge is 0.458 e. The van der Waals surface area contributed by atoms with E-state index in [-0.39, 0.29) is 12.1 Å². The summed E-state index contributed by atoms with van der Waals surface area (Å²) in [6, 6.07) is 1.76. The first-order valence-corrected chi connectivity index (χ1v) is 9.65. The summed E-state index contributed by atoms with van der Waals surface area (Å²) < 4.78 is 5.90. The first-order valence-electron chi connectivity index (χ1n) is 8.83. The Morgan fingerprint density at radius 1 is 1.28 bits per heavy atom. The lowest BCUT2D eigenvalue weighted by Crippen LogP contribution is -2.57. The van der Waals surface area contributed by atoms with E-state index in [4.69, 9.17) is 4.74 Å². The summed E-state index contributed by atoms with van der Waals surface area (Å²) in [6.07, 6.45) is 5.62. The molecule has 2 bridgehead atoms. The SMILES string of the molecule is Cc1nc(-c2ncccn2)sc1C(=O)OC1CC2CC(C1C)C2(C)C. The third-order valence-corrected chi connectivity index (χ3v) is 7.42. The number of hydrogen-bond donors (Lipinski definition) is 0. The minimum absolute atomic E-state index is 0.0159. The molecule has 0 saturated heterocycles. The van der Waals surface area contributed by atoms with E-state index in [9.17, 15) is 4.79 Å².